The van der Waals surface area contributed by atoms with Gasteiger partial charge in [-0.25, -0.2) is 0 Å². The van der Waals surface area contributed by atoms with Gasteiger partial charge in [0.25, 0.3) is 0 Å². The van der Waals surface area contributed by atoms with E-state index in [1.807, 2.05) is 0 Å². The molecule has 0 saturated carbocycles. The van der Waals surface area contributed by atoms with Crippen LogP contribution >= 0.6 is 0 Å². The van der Waals surface area contributed by atoms with Gasteiger partial charge in [-0.05, 0) is 6.42 Å². The Morgan fingerprint density at radius 3 is 2.33 bits per heavy atom. The number of unbranched alkanes of at least 4 members (excludes halogenated alkanes) is 3. The maximum atomic E-state index is 10.1. The van der Waals surface area contributed by atoms with Crippen LogP contribution in [-0.2, 0) is 18.9 Å². The van der Waals surface area contributed by atoms with Gasteiger partial charge in [0.05, 0.1) is 19.8 Å². The van der Waals surface area contributed by atoms with Gasteiger partial charge in [0, 0.05) is 6.61 Å². The minimum absolute atomic E-state index is 0.288. The second-order valence-electron chi connectivity index (χ2n) is 7.17. The van der Waals surface area contributed by atoms with Crippen LogP contribution in [0.15, 0.2) is 0 Å². The molecule has 0 aromatic heterocycles. The largest absolute Gasteiger partial charge is 0.393 e. The van der Waals surface area contributed by atoms with Crippen molar-refractivity contribution in [2.45, 2.75) is 81.3 Å². The first-order valence-corrected chi connectivity index (χ1v) is 9.39. The first kappa shape index (κ1) is 22.9. The maximum absolute atomic E-state index is 10.1. The highest BCUT2D eigenvalue weighted by Crippen LogP contribution is 2.27. The number of hydrogen-bond acceptors (Lipinski definition) is 10. The normalized spacial score (nSPS) is 42.6. The summed E-state index contributed by atoms with van der Waals surface area (Å²) in [5.41, 5.74) is -1.82. The Kier molecular flexibility index (Phi) is 8.81. The molecule has 0 radical (unpaired) electrons. The Bertz CT molecular complexity index is 438. The van der Waals surface area contributed by atoms with Crippen molar-refractivity contribution in [3.8, 4) is 0 Å². The smallest absolute Gasteiger partial charge is 0.186 e. The van der Waals surface area contributed by atoms with E-state index in [-0.39, 0.29) is 13.2 Å². The van der Waals surface area contributed by atoms with Gasteiger partial charge in [-0.15, -0.1) is 0 Å². The van der Waals surface area contributed by atoms with Crippen molar-refractivity contribution >= 4 is 0 Å². The molecule has 2 aliphatic rings. The van der Waals surface area contributed by atoms with Gasteiger partial charge in [0.15, 0.2) is 12.6 Å². The minimum atomic E-state index is -1.82. The molecule has 2 saturated heterocycles. The first-order chi connectivity index (χ1) is 12.8. The van der Waals surface area contributed by atoms with Gasteiger partial charge in [0.2, 0.25) is 0 Å². The van der Waals surface area contributed by atoms with E-state index in [2.05, 4.69) is 6.92 Å². The van der Waals surface area contributed by atoms with Crippen molar-refractivity contribution in [3.63, 3.8) is 0 Å². The fraction of sp³-hybridized carbons (Fsp3) is 1.00. The number of aliphatic hydroxyl groups excluding tert-OH is 5. The standard InChI is InChI=1S/C17H32O10/c1-2-3-4-5-6-24-15-13(21)12(20)11(19)10(27-15)7-25-16-14(22)17(23,8-18)9-26-16/h10-16,18-23H,2-9H2,1H3/t10-,11-,12+,13-,14+,15-,16-,17+/m1/s1. The van der Waals surface area contributed by atoms with Crippen LogP contribution in [0, 0.1) is 0 Å². The fourth-order valence-electron chi connectivity index (χ4n) is 3.04. The molecule has 0 aromatic carbocycles. The zero-order valence-electron chi connectivity index (χ0n) is 15.5. The van der Waals surface area contributed by atoms with Crippen molar-refractivity contribution in [1.29, 1.82) is 0 Å². The van der Waals surface area contributed by atoms with Crippen LogP contribution in [0.5, 0.6) is 0 Å². The Morgan fingerprint density at radius 2 is 1.70 bits per heavy atom. The molecule has 27 heavy (non-hydrogen) atoms. The molecule has 6 N–H and O–H groups in total. The molecule has 0 aliphatic carbocycles. The molecular weight excluding hydrogens is 364 g/mol. The van der Waals surface area contributed by atoms with Crippen LogP contribution in [0.4, 0.5) is 0 Å². The summed E-state index contributed by atoms with van der Waals surface area (Å²) in [5, 5.41) is 59.1. The highest BCUT2D eigenvalue weighted by atomic mass is 16.7. The van der Waals surface area contributed by atoms with E-state index in [1.54, 1.807) is 0 Å². The molecule has 2 aliphatic heterocycles. The minimum Gasteiger partial charge on any atom is -0.393 e. The highest BCUT2D eigenvalue weighted by Gasteiger charge is 2.50. The van der Waals surface area contributed by atoms with E-state index in [0.717, 1.165) is 25.7 Å². The molecule has 0 amide bonds. The highest BCUT2D eigenvalue weighted by molar-refractivity contribution is 4.94. The Morgan fingerprint density at radius 1 is 0.963 bits per heavy atom. The van der Waals surface area contributed by atoms with E-state index in [4.69, 9.17) is 24.1 Å². The summed E-state index contributed by atoms with van der Waals surface area (Å²) in [6.07, 6.45) is -5.30. The third-order valence-corrected chi connectivity index (χ3v) is 4.95. The van der Waals surface area contributed by atoms with E-state index < -0.39 is 55.3 Å². The molecule has 2 heterocycles. The quantitative estimate of drug-likeness (QED) is 0.225. The van der Waals surface area contributed by atoms with Crippen LogP contribution in [0.3, 0.4) is 0 Å². The summed E-state index contributed by atoms with van der Waals surface area (Å²) in [5.74, 6) is 0. The van der Waals surface area contributed by atoms with Gasteiger partial charge in [-0.1, -0.05) is 26.2 Å². The van der Waals surface area contributed by atoms with Crippen LogP contribution in [0.2, 0.25) is 0 Å². The summed E-state index contributed by atoms with van der Waals surface area (Å²) < 4.78 is 21.4. The van der Waals surface area contributed by atoms with Gasteiger partial charge < -0.3 is 49.6 Å². The average molecular weight is 396 g/mol. The van der Waals surface area contributed by atoms with E-state index in [9.17, 15) is 25.5 Å². The number of hydrogen-bond donors (Lipinski definition) is 6. The molecule has 0 bridgehead atoms. The first-order valence-electron chi connectivity index (χ1n) is 9.39. The lowest BCUT2D eigenvalue weighted by molar-refractivity contribution is -0.309. The van der Waals surface area contributed by atoms with Crippen molar-refractivity contribution in [2.24, 2.45) is 0 Å². The summed E-state index contributed by atoms with van der Waals surface area (Å²) in [6.45, 7) is 1.13. The summed E-state index contributed by atoms with van der Waals surface area (Å²) in [7, 11) is 0. The second kappa shape index (κ2) is 10.4. The number of rotatable bonds is 10. The summed E-state index contributed by atoms with van der Waals surface area (Å²) in [6, 6.07) is 0. The van der Waals surface area contributed by atoms with Crippen LogP contribution in [0.1, 0.15) is 32.6 Å². The van der Waals surface area contributed by atoms with Gasteiger partial charge in [0.1, 0.15) is 36.1 Å². The van der Waals surface area contributed by atoms with E-state index in [0.29, 0.717) is 6.61 Å². The zero-order chi connectivity index (χ0) is 20.0. The molecule has 2 rings (SSSR count). The van der Waals surface area contributed by atoms with Gasteiger partial charge in [-0.3, -0.25) is 0 Å². The lowest BCUT2D eigenvalue weighted by atomic mass is 9.99. The Labute approximate surface area is 158 Å². The molecule has 160 valence electrons. The molecule has 0 spiro atoms. The molecule has 0 aromatic rings. The summed E-state index contributed by atoms with van der Waals surface area (Å²) in [4.78, 5) is 0. The van der Waals surface area contributed by atoms with Gasteiger partial charge >= 0.3 is 0 Å². The predicted molar refractivity (Wildman–Crippen MR) is 90.5 cm³/mol. The third kappa shape index (κ3) is 5.57. The number of aliphatic hydroxyl groups is 6. The fourth-order valence-corrected chi connectivity index (χ4v) is 3.04. The van der Waals surface area contributed by atoms with E-state index in [1.165, 1.54) is 0 Å². The zero-order valence-corrected chi connectivity index (χ0v) is 15.5. The lowest BCUT2D eigenvalue weighted by Gasteiger charge is -2.40. The average Bonchev–Trinajstić information content (AvgIpc) is 2.95. The SMILES string of the molecule is CCCCCCO[C@@H]1O[C@H](CO[C@@H]2OC[C@@](O)(CO)[C@H]2O)[C@@H](O)[C@H](O)[C@H]1O. The van der Waals surface area contributed by atoms with Crippen molar-refractivity contribution in [2.75, 3.05) is 26.4 Å². The Balaban J connectivity index is 1.84. The van der Waals surface area contributed by atoms with Gasteiger partial charge in [-0.2, -0.15) is 0 Å². The monoisotopic (exact) mass is 396 g/mol. The molecule has 8 atom stereocenters. The Hall–Kier alpha value is -0.400. The third-order valence-electron chi connectivity index (χ3n) is 4.95. The van der Waals surface area contributed by atoms with E-state index >= 15 is 0 Å². The van der Waals surface area contributed by atoms with Crippen molar-refractivity contribution in [1.82, 2.24) is 0 Å². The molecule has 0 unspecified atom stereocenters. The second-order valence-corrected chi connectivity index (χ2v) is 7.17. The maximum Gasteiger partial charge on any atom is 0.186 e. The number of ether oxygens (including phenoxy) is 4. The molecule has 2 fully saturated rings. The topological polar surface area (TPSA) is 158 Å². The van der Waals surface area contributed by atoms with Crippen LogP contribution in [-0.4, -0.2) is 106 Å². The molecular formula is C17H32O10. The van der Waals surface area contributed by atoms with Crippen molar-refractivity contribution < 1.29 is 49.6 Å². The predicted octanol–water partition coefficient (Wildman–Crippen LogP) is -2.15. The molecule has 10 heteroatoms. The summed E-state index contributed by atoms with van der Waals surface area (Å²) >= 11 is 0. The van der Waals surface area contributed by atoms with Crippen molar-refractivity contribution in [3.05, 3.63) is 0 Å². The lowest BCUT2D eigenvalue weighted by Crippen LogP contribution is -2.59. The van der Waals surface area contributed by atoms with Crippen LogP contribution in [0.25, 0.3) is 0 Å². The molecule has 10 nitrogen and oxygen atoms in total. The van der Waals surface area contributed by atoms with Crippen LogP contribution < -0.4 is 0 Å².